The molecule has 2 fully saturated rings. The van der Waals surface area contributed by atoms with Crippen LogP contribution >= 0.6 is 0 Å². The van der Waals surface area contributed by atoms with Crippen molar-refractivity contribution in [1.29, 1.82) is 0 Å². The molecule has 40 heavy (non-hydrogen) atoms. The van der Waals surface area contributed by atoms with Crippen molar-refractivity contribution in [3.63, 3.8) is 0 Å². The summed E-state index contributed by atoms with van der Waals surface area (Å²) in [5, 5.41) is 3.31. The molecule has 0 aliphatic heterocycles. The van der Waals surface area contributed by atoms with Crippen LogP contribution in [0.2, 0.25) is 0 Å². The number of imidazole rings is 1. The molecule has 2 aliphatic carbocycles. The molecule has 0 saturated heterocycles. The fraction of sp³-hybridized carbons (Fsp3) is 0.500. The predicted octanol–water partition coefficient (Wildman–Crippen LogP) is 5.71. The average molecular weight is 546 g/mol. The van der Waals surface area contributed by atoms with Crippen LogP contribution < -0.4 is 5.32 Å². The molecule has 5 rings (SSSR count). The fourth-order valence-corrected chi connectivity index (χ4v) is 6.51. The lowest BCUT2D eigenvalue weighted by Gasteiger charge is -2.33. The standard InChI is InChI=1S/C32H39N3O5/c1-39-31(37)24-14-12-21(13-15-24)20-33-30(36)28(22-8-4-3-5-9-22)35-27-11-7-6-10-26(27)34-29(35)23-16-18-25(19-17-23)32(38)40-2/h6-7,10-11,16-19,21-22,24,28H,3-5,8-9,12-15,20H2,1-2H3,(H,33,36). The minimum absolute atomic E-state index is 0.0255. The largest absolute Gasteiger partial charge is 0.469 e. The minimum Gasteiger partial charge on any atom is -0.469 e. The number of nitrogens with zero attached hydrogens (tertiary/aromatic N) is 2. The van der Waals surface area contributed by atoms with Gasteiger partial charge in [-0.05, 0) is 74.6 Å². The fourth-order valence-electron chi connectivity index (χ4n) is 6.51. The van der Waals surface area contributed by atoms with Gasteiger partial charge in [0.15, 0.2) is 0 Å². The number of hydrogen-bond donors (Lipinski definition) is 1. The van der Waals surface area contributed by atoms with Gasteiger partial charge in [0.1, 0.15) is 11.9 Å². The number of esters is 2. The molecule has 0 bridgehead atoms. The Labute approximate surface area is 235 Å². The van der Waals surface area contributed by atoms with Gasteiger partial charge in [0.25, 0.3) is 0 Å². The summed E-state index contributed by atoms with van der Waals surface area (Å²) < 4.78 is 11.9. The van der Waals surface area contributed by atoms with Gasteiger partial charge in [-0.3, -0.25) is 9.59 Å². The average Bonchev–Trinajstić information content (AvgIpc) is 3.39. The molecular formula is C32H39N3O5. The van der Waals surface area contributed by atoms with Crippen LogP contribution in [0.5, 0.6) is 0 Å². The summed E-state index contributed by atoms with van der Waals surface area (Å²) >= 11 is 0. The van der Waals surface area contributed by atoms with E-state index in [-0.39, 0.29) is 29.7 Å². The quantitative estimate of drug-likeness (QED) is 0.364. The molecule has 1 aromatic heterocycles. The van der Waals surface area contributed by atoms with Crippen molar-refractivity contribution in [2.75, 3.05) is 20.8 Å². The summed E-state index contributed by atoms with van der Waals surface area (Å²) in [6.07, 6.45) is 8.82. The van der Waals surface area contributed by atoms with Crippen molar-refractivity contribution in [3.8, 4) is 11.4 Å². The first-order valence-electron chi connectivity index (χ1n) is 14.5. The number of carbonyl (C=O) groups is 3. The van der Waals surface area contributed by atoms with Crippen molar-refractivity contribution < 1.29 is 23.9 Å². The number of rotatable bonds is 8. The van der Waals surface area contributed by atoms with E-state index in [1.807, 2.05) is 36.4 Å². The van der Waals surface area contributed by atoms with Gasteiger partial charge in [-0.1, -0.05) is 43.5 Å². The van der Waals surface area contributed by atoms with Gasteiger partial charge in [-0.2, -0.15) is 0 Å². The molecule has 0 radical (unpaired) electrons. The second kappa shape index (κ2) is 12.7. The Bertz CT molecular complexity index is 1330. The highest BCUT2D eigenvalue weighted by atomic mass is 16.5. The van der Waals surface area contributed by atoms with Crippen LogP contribution in [0.4, 0.5) is 0 Å². The molecule has 1 heterocycles. The molecular weight excluding hydrogens is 506 g/mol. The Kier molecular flexibility index (Phi) is 8.82. The number of methoxy groups -OCH3 is 2. The smallest absolute Gasteiger partial charge is 0.337 e. The van der Waals surface area contributed by atoms with Gasteiger partial charge in [-0.15, -0.1) is 0 Å². The lowest BCUT2D eigenvalue weighted by molar-refractivity contribution is -0.146. The molecule has 3 aromatic rings. The highest BCUT2D eigenvalue weighted by molar-refractivity contribution is 5.91. The van der Waals surface area contributed by atoms with Crippen LogP contribution in [-0.4, -0.2) is 48.2 Å². The van der Waals surface area contributed by atoms with E-state index in [1.54, 1.807) is 12.1 Å². The van der Waals surface area contributed by atoms with Crippen molar-refractivity contribution >= 4 is 28.9 Å². The maximum absolute atomic E-state index is 14.1. The van der Waals surface area contributed by atoms with Crippen LogP contribution in [0.25, 0.3) is 22.4 Å². The highest BCUT2D eigenvalue weighted by Crippen LogP contribution is 2.38. The molecule has 1 amide bonds. The molecule has 8 heteroatoms. The van der Waals surface area contributed by atoms with E-state index in [4.69, 9.17) is 14.5 Å². The molecule has 8 nitrogen and oxygen atoms in total. The minimum atomic E-state index is -0.394. The van der Waals surface area contributed by atoms with Gasteiger partial charge in [0.2, 0.25) is 5.91 Å². The van der Waals surface area contributed by atoms with Crippen LogP contribution in [0, 0.1) is 17.8 Å². The van der Waals surface area contributed by atoms with Crippen LogP contribution in [0.1, 0.15) is 74.2 Å². The number of nitrogens with one attached hydrogen (secondary N) is 1. The van der Waals surface area contributed by atoms with E-state index in [0.29, 0.717) is 18.0 Å². The number of para-hydroxylation sites is 2. The summed E-state index contributed by atoms with van der Waals surface area (Å²) in [7, 11) is 2.81. The Balaban J connectivity index is 1.45. The van der Waals surface area contributed by atoms with Crippen LogP contribution in [-0.2, 0) is 19.1 Å². The van der Waals surface area contributed by atoms with Crippen LogP contribution in [0.15, 0.2) is 48.5 Å². The number of hydrogen-bond acceptors (Lipinski definition) is 6. The Morgan fingerprint density at radius 1 is 0.900 bits per heavy atom. The molecule has 2 saturated carbocycles. The van der Waals surface area contributed by atoms with Gasteiger partial charge in [-0.25, -0.2) is 9.78 Å². The molecule has 1 atom stereocenters. The van der Waals surface area contributed by atoms with E-state index in [0.717, 1.165) is 73.8 Å². The molecule has 212 valence electrons. The maximum Gasteiger partial charge on any atom is 0.337 e. The highest BCUT2D eigenvalue weighted by Gasteiger charge is 2.35. The number of aromatic nitrogens is 2. The molecule has 2 aliphatic rings. The summed E-state index contributed by atoms with van der Waals surface area (Å²) in [6, 6.07) is 14.8. The summed E-state index contributed by atoms with van der Waals surface area (Å²) in [5.41, 5.74) is 3.08. The third kappa shape index (κ3) is 5.91. The first-order chi connectivity index (χ1) is 19.5. The third-order valence-corrected chi connectivity index (χ3v) is 8.75. The summed E-state index contributed by atoms with van der Waals surface area (Å²) in [5.74, 6) is 0.757. The molecule has 1 N–H and O–H groups in total. The van der Waals surface area contributed by atoms with Gasteiger partial charge < -0.3 is 19.4 Å². The zero-order valence-electron chi connectivity index (χ0n) is 23.4. The lowest BCUT2D eigenvalue weighted by atomic mass is 9.81. The molecule has 1 unspecified atom stereocenters. The zero-order valence-corrected chi connectivity index (χ0v) is 23.4. The van der Waals surface area contributed by atoms with Gasteiger partial charge in [0, 0.05) is 12.1 Å². The van der Waals surface area contributed by atoms with Crippen molar-refractivity contribution in [3.05, 3.63) is 54.1 Å². The first kappa shape index (κ1) is 27.9. The van der Waals surface area contributed by atoms with Crippen molar-refractivity contribution in [2.24, 2.45) is 17.8 Å². The number of ether oxygens (including phenoxy) is 2. The number of benzene rings is 2. The van der Waals surface area contributed by atoms with E-state index < -0.39 is 6.04 Å². The monoisotopic (exact) mass is 545 g/mol. The van der Waals surface area contributed by atoms with Crippen molar-refractivity contribution in [1.82, 2.24) is 14.9 Å². The SMILES string of the molecule is COC(=O)c1ccc(-c2nc3ccccc3n2C(C(=O)NCC2CCC(C(=O)OC)CC2)C2CCCCC2)cc1. The number of fused-ring (bicyclic) bond motifs is 1. The number of carbonyl (C=O) groups excluding carboxylic acids is 3. The number of amides is 1. The second-order valence-corrected chi connectivity index (χ2v) is 11.2. The second-order valence-electron chi connectivity index (χ2n) is 11.2. The Morgan fingerprint density at radius 3 is 2.27 bits per heavy atom. The van der Waals surface area contributed by atoms with Gasteiger partial charge in [0.05, 0.1) is 36.7 Å². The molecule has 0 spiro atoms. The Hall–Kier alpha value is -3.68. The third-order valence-electron chi connectivity index (χ3n) is 8.75. The van der Waals surface area contributed by atoms with Crippen LogP contribution in [0.3, 0.4) is 0 Å². The first-order valence-corrected chi connectivity index (χ1v) is 14.5. The summed E-state index contributed by atoms with van der Waals surface area (Å²) in [6.45, 7) is 0.603. The normalized spacial score (nSPS) is 20.6. The van der Waals surface area contributed by atoms with E-state index in [2.05, 4.69) is 9.88 Å². The summed E-state index contributed by atoms with van der Waals surface area (Å²) in [4.78, 5) is 43.1. The topological polar surface area (TPSA) is 99.5 Å². The van der Waals surface area contributed by atoms with E-state index in [1.165, 1.54) is 20.6 Å². The lowest BCUT2D eigenvalue weighted by Crippen LogP contribution is -2.40. The van der Waals surface area contributed by atoms with E-state index >= 15 is 0 Å². The predicted molar refractivity (Wildman–Crippen MR) is 153 cm³/mol. The maximum atomic E-state index is 14.1. The Morgan fingerprint density at radius 2 is 1.60 bits per heavy atom. The van der Waals surface area contributed by atoms with E-state index in [9.17, 15) is 14.4 Å². The molecule has 2 aromatic carbocycles. The van der Waals surface area contributed by atoms with Gasteiger partial charge >= 0.3 is 11.9 Å². The zero-order chi connectivity index (χ0) is 28.1. The van der Waals surface area contributed by atoms with Crippen molar-refractivity contribution in [2.45, 2.75) is 63.8 Å².